The predicted octanol–water partition coefficient (Wildman–Crippen LogP) is 3.99. The van der Waals surface area contributed by atoms with Gasteiger partial charge in [-0.1, -0.05) is 13.8 Å². The summed E-state index contributed by atoms with van der Waals surface area (Å²) in [5, 5.41) is 3.15. The molecule has 6 heteroatoms. The molecule has 1 aliphatic rings. The molecule has 0 atom stereocenters. The van der Waals surface area contributed by atoms with Crippen LogP contribution in [-0.2, 0) is 9.53 Å². The zero-order valence-corrected chi connectivity index (χ0v) is 16.6. The highest BCUT2D eigenvalue weighted by Gasteiger charge is 2.24. The molecule has 0 bridgehead atoms. The molecule has 0 aromatic carbocycles. The summed E-state index contributed by atoms with van der Waals surface area (Å²) in [6.45, 7) is 10.7. The Bertz CT molecular complexity index is 465. The summed E-state index contributed by atoms with van der Waals surface area (Å²) < 4.78 is 5.90. The van der Waals surface area contributed by atoms with Crippen LogP contribution in [0, 0.1) is 0 Å². The molecule has 23 heavy (non-hydrogen) atoms. The molecule has 5 nitrogen and oxygen atoms in total. The van der Waals surface area contributed by atoms with Gasteiger partial charge in [0.05, 0.1) is 4.48 Å². The minimum atomic E-state index is -0.494. The minimum Gasteiger partial charge on any atom is -0.444 e. The summed E-state index contributed by atoms with van der Waals surface area (Å²) in [5.74, 6) is 0. The van der Waals surface area contributed by atoms with Gasteiger partial charge in [0.1, 0.15) is 5.60 Å². The average Bonchev–Trinajstić information content (AvgIpc) is 2.69. The standard InChI is InChI=1S/C15H23BrN2O3.C2H6/c1-15(2,3)21-14(20)18-7-5-11(9-12(16)10-19)13(17-4)6-8-18;1-2/h9-10,17H,5-8H2,1-4H3;1-2H3/b12-9+;. The molecule has 0 spiro atoms. The number of halogens is 1. The van der Waals surface area contributed by atoms with Crippen LogP contribution in [-0.4, -0.2) is 43.0 Å². The Hall–Kier alpha value is -1.30. The van der Waals surface area contributed by atoms with Crippen LogP contribution in [0.3, 0.4) is 0 Å². The van der Waals surface area contributed by atoms with E-state index in [0.29, 0.717) is 30.4 Å². The van der Waals surface area contributed by atoms with E-state index in [-0.39, 0.29) is 6.09 Å². The lowest BCUT2D eigenvalue weighted by atomic mass is 10.1. The van der Waals surface area contributed by atoms with Crippen molar-refractivity contribution in [2.24, 2.45) is 0 Å². The van der Waals surface area contributed by atoms with E-state index in [4.69, 9.17) is 4.74 Å². The summed E-state index contributed by atoms with van der Waals surface area (Å²) in [5.41, 5.74) is 1.58. The van der Waals surface area contributed by atoms with Gasteiger partial charge in [0.2, 0.25) is 0 Å². The smallest absolute Gasteiger partial charge is 0.410 e. The van der Waals surface area contributed by atoms with Gasteiger partial charge in [-0.3, -0.25) is 4.79 Å². The van der Waals surface area contributed by atoms with Gasteiger partial charge in [0.25, 0.3) is 0 Å². The maximum Gasteiger partial charge on any atom is 0.410 e. The fraction of sp³-hybridized carbons (Fsp3) is 0.647. The monoisotopic (exact) mass is 388 g/mol. The summed E-state index contributed by atoms with van der Waals surface area (Å²) in [6.07, 6.45) is 3.66. The summed E-state index contributed by atoms with van der Waals surface area (Å²) in [6, 6.07) is 0. The molecule has 1 heterocycles. The molecule has 0 fully saturated rings. The first-order valence-corrected chi connectivity index (χ1v) is 8.76. The summed E-state index contributed by atoms with van der Waals surface area (Å²) in [4.78, 5) is 24.6. The Balaban J connectivity index is 0.00000232. The molecule has 0 unspecified atom stereocenters. The van der Waals surface area contributed by atoms with Crippen LogP contribution in [0.15, 0.2) is 21.8 Å². The fourth-order valence-corrected chi connectivity index (χ4v) is 2.36. The van der Waals surface area contributed by atoms with Crippen LogP contribution >= 0.6 is 15.9 Å². The Morgan fingerprint density at radius 3 is 2.30 bits per heavy atom. The van der Waals surface area contributed by atoms with E-state index in [1.54, 1.807) is 11.0 Å². The average molecular weight is 389 g/mol. The molecule has 1 rings (SSSR count). The fourth-order valence-electron chi connectivity index (χ4n) is 2.08. The Kier molecular flexibility index (Phi) is 9.88. The van der Waals surface area contributed by atoms with Crippen LogP contribution in [0.5, 0.6) is 0 Å². The van der Waals surface area contributed by atoms with Crippen molar-refractivity contribution in [3.05, 3.63) is 21.8 Å². The summed E-state index contributed by atoms with van der Waals surface area (Å²) >= 11 is 3.20. The largest absolute Gasteiger partial charge is 0.444 e. The molecule has 0 saturated carbocycles. The number of carbonyl (C=O) groups is 2. The van der Waals surface area contributed by atoms with Crippen molar-refractivity contribution >= 4 is 28.3 Å². The van der Waals surface area contributed by atoms with E-state index in [1.807, 2.05) is 41.7 Å². The quantitative estimate of drug-likeness (QED) is 0.586. The minimum absolute atomic E-state index is 0.294. The Morgan fingerprint density at radius 1 is 1.26 bits per heavy atom. The zero-order valence-electron chi connectivity index (χ0n) is 15.0. The van der Waals surface area contributed by atoms with Crippen molar-refractivity contribution in [2.45, 2.75) is 53.1 Å². The second kappa shape index (κ2) is 10.5. The first-order valence-electron chi connectivity index (χ1n) is 7.97. The lowest BCUT2D eigenvalue weighted by molar-refractivity contribution is -0.104. The number of nitrogens with one attached hydrogen (secondary N) is 1. The van der Waals surface area contributed by atoms with E-state index >= 15 is 0 Å². The molecule has 1 aliphatic heterocycles. The number of nitrogens with zero attached hydrogens (tertiary/aromatic N) is 1. The van der Waals surface area contributed by atoms with Gasteiger partial charge in [-0.25, -0.2) is 4.79 Å². The van der Waals surface area contributed by atoms with E-state index in [2.05, 4.69) is 21.2 Å². The summed E-state index contributed by atoms with van der Waals surface area (Å²) in [7, 11) is 1.85. The molecule has 0 aromatic rings. The van der Waals surface area contributed by atoms with Gasteiger partial charge in [-0.15, -0.1) is 0 Å². The second-order valence-electron chi connectivity index (χ2n) is 5.87. The van der Waals surface area contributed by atoms with E-state index in [1.165, 1.54) is 0 Å². The Morgan fingerprint density at radius 2 is 1.83 bits per heavy atom. The van der Waals surface area contributed by atoms with Crippen molar-refractivity contribution in [2.75, 3.05) is 20.1 Å². The van der Waals surface area contributed by atoms with Crippen molar-refractivity contribution in [3.8, 4) is 0 Å². The maximum atomic E-state index is 12.1. The van der Waals surface area contributed by atoms with Crippen LogP contribution in [0.2, 0.25) is 0 Å². The normalized spacial score (nSPS) is 16.1. The first kappa shape index (κ1) is 21.7. The molecule has 1 amide bonds. The third kappa shape index (κ3) is 8.21. The predicted molar refractivity (Wildman–Crippen MR) is 97.5 cm³/mol. The zero-order chi connectivity index (χ0) is 18.0. The van der Waals surface area contributed by atoms with Gasteiger partial charge in [-0.2, -0.15) is 0 Å². The van der Waals surface area contributed by atoms with Crippen LogP contribution in [0.1, 0.15) is 47.5 Å². The van der Waals surface area contributed by atoms with Crippen LogP contribution in [0.4, 0.5) is 4.79 Å². The number of rotatable bonds is 3. The molecule has 0 saturated heterocycles. The Labute approximate surface area is 148 Å². The van der Waals surface area contributed by atoms with Crippen molar-refractivity contribution < 1.29 is 14.3 Å². The highest BCUT2D eigenvalue weighted by atomic mass is 79.9. The molecule has 0 aromatic heterocycles. The molecule has 0 radical (unpaired) electrons. The van der Waals surface area contributed by atoms with Crippen molar-refractivity contribution in [1.29, 1.82) is 0 Å². The third-order valence-corrected chi connectivity index (χ3v) is 3.46. The number of ether oxygens (including phenoxy) is 1. The van der Waals surface area contributed by atoms with E-state index in [9.17, 15) is 9.59 Å². The molecule has 0 aliphatic carbocycles. The number of hydrogen-bond acceptors (Lipinski definition) is 4. The number of allylic oxidation sites excluding steroid dienone is 2. The number of hydrogen-bond donors (Lipinski definition) is 1. The lowest BCUT2D eigenvalue weighted by Gasteiger charge is -2.26. The van der Waals surface area contributed by atoms with Gasteiger partial charge in [0.15, 0.2) is 6.29 Å². The first-order chi connectivity index (χ1) is 10.8. The molecule has 132 valence electrons. The van der Waals surface area contributed by atoms with E-state index < -0.39 is 5.60 Å². The molecular formula is C17H29BrN2O3. The highest BCUT2D eigenvalue weighted by Crippen LogP contribution is 2.21. The topological polar surface area (TPSA) is 58.6 Å². The maximum absolute atomic E-state index is 12.1. The molecule has 1 N–H and O–H groups in total. The lowest BCUT2D eigenvalue weighted by Crippen LogP contribution is -2.37. The van der Waals surface area contributed by atoms with Gasteiger partial charge >= 0.3 is 6.09 Å². The van der Waals surface area contributed by atoms with Gasteiger partial charge < -0.3 is 15.0 Å². The number of carbonyl (C=O) groups excluding carboxylic acids is 2. The van der Waals surface area contributed by atoms with E-state index in [0.717, 1.165) is 17.6 Å². The van der Waals surface area contributed by atoms with Crippen LogP contribution in [0.25, 0.3) is 0 Å². The second-order valence-corrected chi connectivity index (χ2v) is 6.78. The number of amides is 1. The number of aldehydes is 1. The van der Waals surface area contributed by atoms with Gasteiger partial charge in [-0.05, 0) is 54.8 Å². The van der Waals surface area contributed by atoms with Crippen molar-refractivity contribution in [3.63, 3.8) is 0 Å². The third-order valence-electron chi connectivity index (χ3n) is 3.05. The highest BCUT2D eigenvalue weighted by molar-refractivity contribution is 9.12. The van der Waals surface area contributed by atoms with Crippen LogP contribution < -0.4 is 5.32 Å². The SMILES string of the molecule is CC.CNC1=C(/C=C(/Br)C=O)CCN(C(=O)OC(C)(C)C)CC1. The van der Waals surface area contributed by atoms with Gasteiger partial charge in [0, 0.05) is 32.3 Å². The van der Waals surface area contributed by atoms with Crippen molar-refractivity contribution in [1.82, 2.24) is 10.2 Å². The molecular weight excluding hydrogens is 360 g/mol.